The predicted octanol–water partition coefficient (Wildman–Crippen LogP) is 1.08. The maximum Gasteiger partial charge on any atom is 0.272 e. The Morgan fingerprint density at radius 2 is 2.00 bits per heavy atom. The molecule has 0 saturated carbocycles. The smallest absolute Gasteiger partial charge is 0.272 e. The number of amides is 1. The van der Waals surface area contributed by atoms with Crippen molar-refractivity contribution in [2.75, 3.05) is 38.5 Å². The molecule has 0 unspecified atom stereocenters. The normalized spacial score (nSPS) is 16.9. The molecule has 5 nitrogen and oxygen atoms in total. The molecule has 2 heterocycles. The molecule has 0 aliphatic carbocycles. The zero-order valence-electron chi connectivity index (χ0n) is 11.7. The van der Waals surface area contributed by atoms with Gasteiger partial charge in [-0.3, -0.25) is 9.69 Å². The Labute approximate surface area is 114 Å². The van der Waals surface area contributed by atoms with Crippen LogP contribution in [0.25, 0.3) is 0 Å². The number of pyridine rings is 1. The predicted molar refractivity (Wildman–Crippen MR) is 75.8 cm³/mol. The van der Waals surface area contributed by atoms with Gasteiger partial charge in [0.05, 0.1) is 11.9 Å². The first-order valence-electron chi connectivity index (χ1n) is 6.79. The monoisotopic (exact) mass is 262 g/mol. The third kappa shape index (κ3) is 3.67. The maximum absolute atomic E-state index is 12.2. The summed E-state index contributed by atoms with van der Waals surface area (Å²) in [6, 6.07) is 3.41. The molecule has 0 atom stereocenters. The summed E-state index contributed by atoms with van der Waals surface area (Å²) in [6.07, 6.45) is 1.53. The Kier molecular flexibility index (Phi) is 4.37. The number of rotatable bonds is 3. The van der Waals surface area contributed by atoms with Crippen LogP contribution in [-0.4, -0.2) is 53.4 Å². The van der Waals surface area contributed by atoms with Crippen LogP contribution in [0.4, 0.5) is 5.69 Å². The van der Waals surface area contributed by atoms with Gasteiger partial charge in [-0.15, -0.1) is 0 Å². The molecule has 1 aromatic heterocycles. The van der Waals surface area contributed by atoms with Crippen molar-refractivity contribution >= 4 is 11.6 Å². The number of piperazine rings is 1. The van der Waals surface area contributed by atoms with Crippen LogP contribution in [0, 0.1) is 5.92 Å². The quantitative estimate of drug-likeness (QED) is 0.885. The standard InChI is InChI=1S/C14H22N4O/c1-11(2)10-17-5-7-18(8-6-17)14(19)13-4-3-12(15)9-16-13/h3-4,9,11H,5-8,10,15H2,1-2H3. The fraction of sp³-hybridized carbons (Fsp3) is 0.571. The van der Waals surface area contributed by atoms with E-state index in [1.807, 2.05) is 4.90 Å². The second-order valence-electron chi connectivity index (χ2n) is 5.46. The lowest BCUT2D eigenvalue weighted by molar-refractivity contribution is 0.0618. The summed E-state index contributed by atoms with van der Waals surface area (Å²) in [5, 5.41) is 0. The molecule has 1 fully saturated rings. The van der Waals surface area contributed by atoms with Gasteiger partial charge in [-0.2, -0.15) is 0 Å². The van der Waals surface area contributed by atoms with Crippen LogP contribution in [0.5, 0.6) is 0 Å². The third-order valence-corrected chi connectivity index (χ3v) is 3.29. The van der Waals surface area contributed by atoms with Gasteiger partial charge in [0.15, 0.2) is 0 Å². The van der Waals surface area contributed by atoms with Crippen LogP contribution in [0.2, 0.25) is 0 Å². The van der Waals surface area contributed by atoms with E-state index in [0.29, 0.717) is 17.3 Å². The van der Waals surface area contributed by atoms with Gasteiger partial charge in [0.2, 0.25) is 0 Å². The van der Waals surface area contributed by atoms with Crippen molar-refractivity contribution in [2.24, 2.45) is 5.92 Å². The number of anilines is 1. The molecule has 1 amide bonds. The van der Waals surface area contributed by atoms with Crippen LogP contribution < -0.4 is 5.73 Å². The van der Waals surface area contributed by atoms with Gasteiger partial charge >= 0.3 is 0 Å². The summed E-state index contributed by atoms with van der Waals surface area (Å²) in [7, 11) is 0. The van der Waals surface area contributed by atoms with Crippen LogP contribution >= 0.6 is 0 Å². The number of aromatic nitrogens is 1. The van der Waals surface area contributed by atoms with Crippen molar-refractivity contribution in [1.82, 2.24) is 14.8 Å². The molecule has 2 N–H and O–H groups in total. The lowest BCUT2D eigenvalue weighted by Gasteiger charge is -2.35. The molecule has 2 rings (SSSR count). The highest BCUT2D eigenvalue weighted by atomic mass is 16.2. The molecule has 0 aromatic carbocycles. The topological polar surface area (TPSA) is 62.5 Å². The Balaban J connectivity index is 1.90. The highest BCUT2D eigenvalue weighted by Gasteiger charge is 2.22. The van der Waals surface area contributed by atoms with E-state index in [4.69, 9.17) is 5.73 Å². The number of carbonyl (C=O) groups excluding carboxylic acids is 1. The summed E-state index contributed by atoms with van der Waals surface area (Å²) >= 11 is 0. The first kappa shape index (κ1) is 13.8. The van der Waals surface area contributed by atoms with E-state index in [1.54, 1.807) is 12.1 Å². The van der Waals surface area contributed by atoms with Crippen LogP contribution in [0.3, 0.4) is 0 Å². The van der Waals surface area contributed by atoms with Crippen molar-refractivity contribution in [3.63, 3.8) is 0 Å². The average molecular weight is 262 g/mol. The molecule has 5 heteroatoms. The Bertz CT molecular complexity index is 422. The summed E-state index contributed by atoms with van der Waals surface area (Å²) in [6.45, 7) is 8.97. The Morgan fingerprint density at radius 3 is 2.53 bits per heavy atom. The minimum absolute atomic E-state index is 0.00389. The van der Waals surface area contributed by atoms with Crippen molar-refractivity contribution < 1.29 is 4.79 Å². The summed E-state index contributed by atoms with van der Waals surface area (Å²) in [5.41, 5.74) is 6.64. The number of hydrogen-bond acceptors (Lipinski definition) is 4. The highest BCUT2D eigenvalue weighted by molar-refractivity contribution is 5.92. The van der Waals surface area contributed by atoms with Gasteiger partial charge in [-0.1, -0.05) is 13.8 Å². The molecule has 1 saturated heterocycles. The fourth-order valence-corrected chi connectivity index (χ4v) is 2.34. The van der Waals surface area contributed by atoms with Crippen LogP contribution in [0.1, 0.15) is 24.3 Å². The average Bonchev–Trinajstić information content (AvgIpc) is 2.39. The van der Waals surface area contributed by atoms with Crippen molar-refractivity contribution in [3.05, 3.63) is 24.0 Å². The first-order valence-corrected chi connectivity index (χ1v) is 6.79. The first-order chi connectivity index (χ1) is 9.06. The second kappa shape index (κ2) is 6.02. The fourth-order valence-electron chi connectivity index (χ4n) is 2.34. The van der Waals surface area contributed by atoms with Gasteiger partial charge in [-0.05, 0) is 18.1 Å². The number of nitrogens with zero attached hydrogens (tertiary/aromatic N) is 3. The summed E-state index contributed by atoms with van der Waals surface area (Å²) in [5.74, 6) is 0.671. The molecule has 1 aromatic rings. The molecule has 1 aliphatic rings. The maximum atomic E-state index is 12.2. The van der Waals surface area contributed by atoms with E-state index in [9.17, 15) is 4.79 Å². The van der Waals surface area contributed by atoms with Crippen molar-refractivity contribution in [3.8, 4) is 0 Å². The van der Waals surface area contributed by atoms with E-state index < -0.39 is 0 Å². The lowest BCUT2D eigenvalue weighted by atomic mass is 10.2. The zero-order valence-corrected chi connectivity index (χ0v) is 11.7. The van der Waals surface area contributed by atoms with Crippen molar-refractivity contribution in [2.45, 2.75) is 13.8 Å². The SMILES string of the molecule is CC(C)CN1CCN(C(=O)c2ccc(N)cn2)CC1. The molecule has 0 radical (unpaired) electrons. The summed E-state index contributed by atoms with van der Waals surface area (Å²) in [4.78, 5) is 20.6. The molecular formula is C14H22N4O. The molecule has 19 heavy (non-hydrogen) atoms. The van der Waals surface area contributed by atoms with Crippen LogP contribution in [-0.2, 0) is 0 Å². The van der Waals surface area contributed by atoms with Gasteiger partial charge in [0.1, 0.15) is 5.69 Å². The minimum Gasteiger partial charge on any atom is -0.397 e. The highest BCUT2D eigenvalue weighted by Crippen LogP contribution is 2.09. The van der Waals surface area contributed by atoms with Gasteiger partial charge in [0, 0.05) is 32.7 Å². The van der Waals surface area contributed by atoms with E-state index in [1.165, 1.54) is 6.20 Å². The molecule has 0 bridgehead atoms. The van der Waals surface area contributed by atoms with Gasteiger partial charge in [0.25, 0.3) is 5.91 Å². The lowest BCUT2D eigenvalue weighted by Crippen LogP contribution is -2.49. The van der Waals surface area contributed by atoms with E-state index in [0.717, 1.165) is 32.7 Å². The van der Waals surface area contributed by atoms with Gasteiger partial charge < -0.3 is 10.6 Å². The number of nitrogen functional groups attached to an aromatic ring is 1. The largest absolute Gasteiger partial charge is 0.397 e. The van der Waals surface area contributed by atoms with Crippen molar-refractivity contribution in [1.29, 1.82) is 0 Å². The van der Waals surface area contributed by atoms with E-state index in [2.05, 4.69) is 23.7 Å². The summed E-state index contributed by atoms with van der Waals surface area (Å²) < 4.78 is 0. The second-order valence-corrected chi connectivity index (χ2v) is 5.46. The Hall–Kier alpha value is -1.62. The minimum atomic E-state index is 0.00389. The Morgan fingerprint density at radius 1 is 1.32 bits per heavy atom. The van der Waals surface area contributed by atoms with Gasteiger partial charge in [-0.25, -0.2) is 4.98 Å². The number of hydrogen-bond donors (Lipinski definition) is 1. The third-order valence-electron chi connectivity index (χ3n) is 3.29. The zero-order chi connectivity index (χ0) is 13.8. The molecular weight excluding hydrogens is 240 g/mol. The number of nitrogens with two attached hydrogens (primary N) is 1. The molecule has 0 spiro atoms. The van der Waals surface area contributed by atoms with E-state index >= 15 is 0 Å². The molecule has 104 valence electrons. The van der Waals surface area contributed by atoms with Crippen LogP contribution in [0.15, 0.2) is 18.3 Å². The number of carbonyl (C=O) groups is 1. The van der Waals surface area contributed by atoms with E-state index in [-0.39, 0.29) is 5.91 Å². The molecule has 1 aliphatic heterocycles.